The summed E-state index contributed by atoms with van der Waals surface area (Å²) < 4.78 is 14.2. The summed E-state index contributed by atoms with van der Waals surface area (Å²) in [6.45, 7) is 0. The van der Waals surface area contributed by atoms with Gasteiger partial charge in [-0.2, -0.15) is 5.10 Å². The number of halogens is 1. The largest absolute Gasteiger partial charge is 0.298 e. The van der Waals surface area contributed by atoms with Gasteiger partial charge in [-0.3, -0.25) is 15.2 Å². The molecule has 2 aromatic carbocycles. The third-order valence-electron chi connectivity index (χ3n) is 3.31. The number of fused-ring (bicyclic) bond motifs is 3. The maximum Gasteiger partial charge on any atom is 0.260 e. The van der Waals surface area contributed by atoms with Gasteiger partial charge >= 0.3 is 0 Å². The van der Waals surface area contributed by atoms with Crippen molar-refractivity contribution in [2.45, 2.75) is 0 Å². The van der Waals surface area contributed by atoms with Crippen LogP contribution >= 0.6 is 11.3 Å². The van der Waals surface area contributed by atoms with Crippen molar-refractivity contribution in [1.29, 1.82) is 0 Å². The van der Waals surface area contributed by atoms with E-state index >= 15 is 0 Å². The van der Waals surface area contributed by atoms with Crippen LogP contribution in [0.3, 0.4) is 0 Å². The van der Waals surface area contributed by atoms with Crippen LogP contribution in [0.15, 0.2) is 42.7 Å². The van der Waals surface area contributed by atoms with Gasteiger partial charge in [0.1, 0.15) is 5.82 Å². The van der Waals surface area contributed by atoms with Gasteiger partial charge in [0.05, 0.1) is 22.0 Å². The maximum absolute atomic E-state index is 13.3. The Hall–Kier alpha value is -2.80. The molecule has 22 heavy (non-hydrogen) atoms. The first-order valence-electron chi connectivity index (χ1n) is 6.50. The minimum Gasteiger partial charge on any atom is -0.298 e. The summed E-state index contributed by atoms with van der Waals surface area (Å²) in [5.74, 6) is -0.548. The van der Waals surface area contributed by atoms with Crippen LogP contribution in [0.5, 0.6) is 0 Å². The summed E-state index contributed by atoms with van der Waals surface area (Å²) >= 11 is 1.36. The molecule has 4 aromatic rings. The molecular weight excluding hydrogens is 303 g/mol. The number of thiazole rings is 1. The standard InChI is InChI=1S/C15H9FN4OS/c16-10-2-3-11-8(5-10)1-4-12-13(11)22-15(19-12)20-14(21)9-6-17-18-7-9/h1-7H,(H,17,18)(H,19,20,21). The molecule has 0 saturated heterocycles. The lowest BCUT2D eigenvalue weighted by atomic mass is 10.1. The molecule has 5 nitrogen and oxygen atoms in total. The van der Waals surface area contributed by atoms with Crippen molar-refractivity contribution in [3.63, 3.8) is 0 Å². The fourth-order valence-electron chi connectivity index (χ4n) is 2.28. The smallest absolute Gasteiger partial charge is 0.260 e. The molecule has 1 amide bonds. The Kier molecular flexibility index (Phi) is 2.87. The van der Waals surface area contributed by atoms with Crippen molar-refractivity contribution < 1.29 is 9.18 Å². The number of rotatable bonds is 2. The maximum atomic E-state index is 13.3. The highest BCUT2D eigenvalue weighted by Gasteiger charge is 2.12. The zero-order chi connectivity index (χ0) is 15.1. The van der Waals surface area contributed by atoms with E-state index in [1.165, 1.54) is 35.9 Å². The lowest BCUT2D eigenvalue weighted by molar-refractivity contribution is 0.102. The molecule has 0 bridgehead atoms. The predicted molar refractivity (Wildman–Crippen MR) is 83.6 cm³/mol. The molecule has 108 valence electrons. The second-order valence-corrected chi connectivity index (χ2v) is 5.74. The summed E-state index contributed by atoms with van der Waals surface area (Å²) in [5.41, 5.74) is 1.21. The summed E-state index contributed by atoms with van der Waals surface area (Å²) in [7, 11) is 0. The third-order valence-corrected chi connectivity index (χ3v) is 4.33. The van der Waals surface area contributed by atoms with Crippen LogP contribution in [0.1, 0.15) is 10.4 Å². The molecule has 2 heterocycles. The average molecular weight is 312 g/mol. The Bertz CT molecular complexity index is 994. The molecular formula is C15H9FN4OS. The topological polar surface area (TPSA) is 70.7 Å². The first-order chi connectivity index (χ1) is 10.7. The Balaban J connectivity index is 1.77. The number of carbonyl (C=O) groups excluding carboxylic acids is 1. The van der Waals surface area contributed by atoms with E-state index in [0.29, 0.717) is 10.7 Å². The fraction of sp³-hybridized carbons (Fsp3) is 0. The molecule has 0 radical (unpaired) electrons. The number of anilines is 1. The zero-order valence-electron chi connectivity index (χ0n) is 11.1. The Morgan fingerprint density at radius 1 is 1.27 bits per heavy atom. The number of nitrogens with one attached hydrogen (secondary N) is 2. The molecule has 0 atom stereocenters. The van der Waals surface area contributed by atoms with E-state index in [1.807, 2.05) is 12.1 Å². The summed E-state index contributed by atoms with van der Waals surface area (Å²) in [6.07, 6.45) is 2.96. The van der Waals surface area contributed by atoms with E-state index in [-0.39, 0.29) is 11.7 Å². The van der Waals surface area contributed by atoms with Crippen molar-refractivity contribution >= 4 is 43.4 Å². The highest BCUT2D eigenvalue weighted by atomic mass is 32.1. The van der Waals surface area contributed by atoms with Crippen LogP contribution in [0.2, 0.25) is 0 Å². The quantitative estimate of drug-likeness (QED) is 0.594. The normalized spacial score (nSPS) is 11.1. The number of nitrogens with zero attached hydrogens (tertiary/aromatic N) is 2. The number of amides is 1. The van der Waals surface area contributed by atoms with Gasteiger partial charge in [0.25, 0.3) is 5.91 Å². The SMILES string of the molecule is O=C(Nc1nc2ccc3cc(F)ccc3c2s1)c1cn[nH]c1. The van der Waals surface area contributed by atoms with Gasteiger partial charge in [0.2, 0.25) is 0 Å². The lowest BCUT2D eigenvalue weighted by Crippen LogP contribution is -2.10. The number of H-pyrrole nitrogens is 1. The van der Waals surface area contributed by atoms with E-state index in [1.54, 1.807) is 6.07 Å². The molecule has 7 heteroatoms. The molecule has 4 rings (SSSR count). The molecule has 0 aliphatic rings. The highest BCUT2D eigenvalue weighted by molar-refractivity contribution is 7.23. The van der Waals surface area contributed by atoms with Crippen LogP contribution in [0, 0.1) is 5.82 Å². The van der Waals surface area contributed by atoms with E-state index in [4.69, 9.17) is 0 Å². The summed E-state index contributed by atoms with van der Waals surface area (Å²) in [5, 5.41) is 11.3. The zero-order valence-corrected chi connectivity index (χ0v) is 11.9. The van der Waals surface area contributed by atoms with E-state index in [2.05, 4.69) is 20.5 Å². The highest BCUT2D eigenvalue weighted by Crippen LogP contribution is 2.33. The number of hydrogen-bond acceptors (Lipinski definition) is 4. The summed E-state index contributed by atoms with van der Waals surface area (Å²) in [4.78, 5) is 16.4. The number of hydrogen-bond donors (Lipinski definition) is 2. The molecule has 2 aromatic heterocycles. The predicted octanol–water partition coefficient (Wildman–Crippen LogP) is 3.56. The minimum absolute atomic E-state index is 0.273. The van der Waals surface area contributed by atoms with Gasteiger partial charge in [-0.05, 0) is 29.7 Å². The number of carbonyl (C=O) groups is 1. The lowest BCUT2D eigenvalue weighted by Gasteiger charge is -1.98. The van der Waals surface area contributed by atoms with Gasteiger partial charge in [-0.25, -0.2) is 9.37 Å². The fourth-order valence-corrected chi connectivity index (χ4v) is 3.28. The van der Waals surface area contributed by atoms with E-state index in [9.17, 15) is 9.18 Å². The molecule has 0 unspecified atom stereocenters. The molecule has 0 aliphatic heterocycles. The number of benzene rings is 2. The van der Waals surface area contributed by atoms with Crippen molar-refractivity contribution in [2.75, 3.05) is 5.32 Å². The Labute approximate surface area is 127 Å². The average Bonchev–Trinajstić information content (AvgIpc) is 3.15. The van der Waals surface area contributed by atoms with Crippen molar-refractivity contribution in [1.82, 2.24) is 15.2 Å². The monoisotopic (exact) mass is 312 g/mol. The molecule has 0 aliphatic carbocycles. The number of aromatic amines is 1. The van der Waals surface area contributed by atoms with E-state index < -0.39 is 0 Å². The van der Waals surface area contributed by atoms with Crippen LogP contribution in [0.25, 0.3) is 21.0 Å². The second-order valence-electron chi connectivity index (χ2n) is 4.74. The van der Waals surface area contributed by atoms with Crippen LogP contribution in [-0.2, 0) is 0 Å². The molecule has 2 N–H and O–H groups in total. The van der Waals surface area contributed by atoms with Gasteiger partial charge in [-0.15, -0.1) is 0 Å². The third kappa shape index (κ3) is 2.11. The van der Waals surface area contributed by atoms with Gasteiger partial charge in [0.15, 0.2) is 5.13 Å². The molecule has 0 saturated carbocycles. The van der Waals surface area contributed by atoms with Gasteiger partial charge < -0.3 is 0 Å². The van der Waals surface area contributed by atoms with Crippen molar-refractivity contribution in [2.24, 2.45) is 0 Å². The Morgan fingerprint density at radius 2 is 2.18 bits per heavy atom. The molecule has 0 fully saturated rings. The van der Waals surface area contributed by atoms with Crippen LogP contribution < -0.4 is 5.32 Å². The van der Waals surface area contributed by atoms with E-state index in [0.717, 1.165) is 21.0 Å². The second kappa shape index (κ2) is 4.88. The van der Waals surface area contributed by atoms with Crippen molar-refractivity contribution in [3.05, 3.63) is 54.1 Å². The van der Waals surface area contributed by atoms with Crippen LogP contribution in [-0.4, -0.2) is 21.1 Å². The Morgan fingerprint density at radius 3 is 3.00 bits per heavy atom. The molecule has 0 spiro atoms. The van der Waals surface area contributed by atoms with Crippen molar-refractivity contribution in [3.8, 4) is 0 Å². The first-order valence-corrected chi connectivity index (χ1v) is 7.31. The summed E-state index contributed by atoms with van der Waals surface area (Å²) in [6, 6.07) is 8.28. The van der Waals surface area contributed by atoms with Gasteiger partial charge in [-0.1, -0.05) is 17.4 Å². The number of aromatic nitrogens is 3. The minimum atomic E-state index is -0.275. The van der Waals surface area contributed by atoms with Gasteiger partial charge in [0, 0.05) is 11.6 Å². The van der Waals surface area contributed by atoms with Crippen LogP contribution in [0.4, 0.5) is 9.52 Å². The first kappa shape index (κ1) is 12.9.